The second-order valence-electron chi connectivity index (χ2n) is 7.05. The van der Waals surface area contributed by atoms with Crippen LogP contribution in [-0.2, 0) is 0 Å². The van der Waals surface area contributed by atoms with E-state index in [1.807, 2.05) is 5.84 Å². The fourth-order valence-electron chi connectivity index (χ4n) is 3.54. The van der Waals surface area contributed by atoms with Crippen molar-refractivity contribution in [2.45, 2.75) is 58.2 Å². The summed E-state index contributed by atoms with van der Waals surface area (Å²) in [6.45, 7) is 13.1. The molecular formula is C16H26N4O4Si. The van der Waals surface area contributed by atoms with Crippen LogP contribution in [0, 0.1) is 20.2 Å². The molecule has 9 heteroatoms. The van der Waals surface area contributed by atoms with E-state index in [4.69, 9.17) is 0 Å². The highest BCUT2D eigenvalue weighted by Crippen LogP contribution is 2.40. The van der Waals surface area contributed by atoms with Crippen molar-refractivity contribution < 1.29 is 9.85 Å². The van der Waals surface area contributed by atoms with E-state index in [1.54, 1.807) is 0 Å². The van der Waals surface area contributed by atoms with Crippen molar-refractivity contribution in [2.75, 3.05) is 5.43 Å². The first-order valence-electron chi connectivity index (χ1n) is 8.27. The average Bonchev–Trinajstić information content (AvgIpc) is 2.50. The van der Waals surface area contributed by atoms with E-state index in [0.29, 0.717) is 16.6 Å². The third kappa shape index (κ3) is 4.41. The minimum atomic E-state index is -1.89. The molecule has 0 fully saturated rings. The molecule has 0 atom stereocenters. The van der Waals surface area contributed by atoms with Crippen molar-refractivity contribution in [3.05, 3.63) is 38.4 Å². The van der Waals surface area contributed by atoms with E-state index in [9.17, 15) is 20.2 Å². The number of hydrazone groups is 1. The van der Waals surface area contributed by atoms with Gasteiger partial charge in [-0.3, -0.25) is 25.7 Å². The minimum absolute atomic E-state index is 0.144. The monoisotopic (exact) mass is 366 g/mol. The van der Waals surface area contributed by atoms with Gasteiger partial charge in [0.1, 0.15) is 13.8 Å². The van der Waals surface area contributed by atoms with Crippen molar-refractivity contribution >= 4 is 31.0 Å². The van der Waals surface area contributed by atoms with Gasteiger partial charge < -0.3 is 0 Å². The van der Waals surface area contributed by atoms with E-state index in [1.165, 1.54) is 12.1 Å². The summed E-state index contributed by atoms with van der Waals surface area (Å²) in [6.07, 6.45) is 0. The molecule has 0 aliphatic carbocycles. The molecule has 0 aliphatic rings. The van der Waals surface area contributed by atoms with Crippen molar-refractivity contribution in [1.82, 2.24) is 0 Å². The second-order valence-corrected chi connectivity index (χ2v) is 12.8. The van der Waals surface area contributed by atoms with Crippen LogP contribution in [-0.4, -0.2) is 23.8 Å². The lowest BCUT2D eigenvalue weighted by atomic mass is 10.2. The smallest absolute Gasteiger partial charge is 0.272 e. The molecular weight excluding hydrogens is 340 g/mol. The number of non-ortho nitro benzene ring substituents is 1. The summed E-state index contributed by atoms with van der Waals surface area (Å²) in [5.41, 5.74) is 3.57. The van der Waals surface area contributed by atoms with Crippen molar-refractivity contribution in [1.29, 1.82) is 0 Å². The molecule has 0 bridgehead atoms. The maximum absolute atomic E-state index is 11.2. The van der Waals surface area contributed by atoms with Gasteiger partial charge in [-0.1, -0.05) is 41.5 Å². The standard InChI is InChI=1S/C16H26N4O4Si/c1-11(2)25(12(3)4,13(5)6)10-17-18-15-8-7-14(19(21)22)9-16(15)20(23)24/h7-13,18H,1-6H3. The Labute approximate surface area is 148 Å². The number of nitrogens with one attached hydrogen (secondary N) is 1. The van der Waals surface area contributed by atoms with Crippen LogP contribution in [0.25, 0.3) is 0 Å². The van der Waals surface area contributed by atoms with Crippen LogP contribution in [0.5, 0.6) is 0 Å². The van der Waals surface area contributed by atoms with Crippen LogP contribution in [0.4, 0.5) is 17.1 Å². The third-order valence-corrected chi connectivity index (χ3v) is 11.4. The van der Waals surface area contributed by atoms with Crippen molar-refractivity contribution in [3.8, 4) is 0 Å². The van der Waals surface area contributed by atoms with Gasteiger partial charge in [0.15, 0.2) is 0 Å². The summed E-state index contributed by atoms with van der Waals surface area (Å²) in [5.74, 6) is 1.96. The van der Waals surface area contributed by atoms with Gasteiger partial charge in [-0.2, -0.15) is 5.10 Å². The van der Waals surface area contributed by atoms with Crippen LogP contribution in [0.2, 0.25) is 16.6 Å². The lowest BCUT2D eigenvalue weighted by Crippen LogP contribution is -2.46. The molecule has 0 spiro atoms. The molecule has 138 valence electrons. The van der Waals surface area contributed by atoms with Crippen molar-refractivity contribution in [2.24, 2.45) is 5.10 Å². The molecule has 8 nitrogen and oxygen atoms in total. The summed E-state index contributed by atoms with van der Waals surface area (Å²) in [5, 5.41) is 26.3. The summed E-state index contributed by atoms with van der Waals surface area (Å²) in [7, 11) is -1.89. The fraction of sp³-hybridized carbons (Fsp3) is 0.562. The van der Waals surface area contributed by atoms with E-state index in [-0.39, 0.29) is 17.1 Å². The lowest BCUT2D eigenvalue weighted by Gasteiger charge is -2.39. The van der Waals surface area contributed by atoms with Gasteiger partial charge in [-0.25, -0.2) is 0 Å². The van der Waals surface area contributed by atoms with Gasteiger partial charge in [0.2, 0.25) is 0 Å². The van der Waals surface area contributed by atoms with Crippen LogP contribution in [0.15, 0.2) is 23.3 Å². The highest BCUT2D eigenvalue weighted by molar-refractivity contribution is 7.04. The Morgan fingerprint density at radius 2 is 1.52 bits per heavy atom. The summed E-state index contributed by atoms with van der Waals surface area (Å²) < 4.78 is 0. The highest BCUT2D eigenvalue weighted by Gasteiger charge is 2.41. The molecule has 0 amide bonds. The highest BCUT2D eigenvalue weighted by atomic mass is 28.3. The zero-order valence-corrected chi connectivity index (χ0v) is 16.5. The van der Waals surface area contributed by atoms with Gasteiger partial charge in [-0.05, 0) is 22.7 Å². The predicted octanol–water partition coefficient (Wildman–Crippen LogP) is 5.12. The third-order valence-electron chi connectivity index (χ3n) is 4.86. The number of benzene rings is 1. The fourth-order valence-corrected chi connectivity index (χ4v) is 8.72. The van der Waals surface area contributed by atoms with E-state index in [2.05, 4.69) is 52.1 Å². The predicted molar refractivity (Wildman–Crippen MR) is 103 cm³/mol. The number of nitro benzene ring substituents is 2. The summed E-state index contributed by atoms with van der Waals surface area (Å²) in [6, 6.07) is 3.48. The molecule has 1 aromatic carbocycles. The Hall–Kier alpha value is -2.29. The normalized spacial score (nSPS) is 12.4. The van der Waals surface area contributed by atoms with Crippen molar-refractivity contribution in [3.63, 3.8) is 0 Å². The Balaban J connectivity index is 3.20. The average molecular weight is 366 g/mol. The number of rotatable bonds is 8. The molecule has 0 heterocycles. The molecule has 0 saturated heterocycles. The summed E-state index contributed by atoms with van der Waals surface area (Å²) >= 11 is 0. The number of nitrogens with zero attached hydrogens (tertiary/aromatic N) is 3. The van der Waals surface area contributed by atoms with Crippen LogP contribution in [0.3, 0.4) is 0 Å². The number of hydrogen-bond acceptors (Lipinski definition) is 6. The SMILES string of the molecule is CC(C)[Si](C=NNc1ccc([N+](=O)[O-])cc1[N+](=O)[O-])(C(C)C)C(C)C. The van der Waals surface area contributed by atoms with Gasteiger partial charge >= 0.3 is 5.69 Å². The first-order valence-corrected chi connectivity index (χ1v) is 10.6. The lowest BCUT2D eigenvalue weighted by molar-refractivity contribution is -0.393. The maximum atomic E-state index is 11.2. The quantitative estimate of drug-likeness (QED) is 0.297. The Kier molecular flexibility index (Phi) is 6.80. The van der Waals surface area contributed by atoms with Gasteiger partial charge in [-0.15, -0.1) is 0 Å². The Bertz CT molecular complexity index is 652. The molecule has 1 N–H and O–H groups in total. The van der Waals surface area contributed by atoms with Crippen LogP contribution >= 0.6 is 0 Å². The molecule has 0 radical (unpaired) electrons. The topological polar surface area (TPSA) is 111 Å². The minimum Gasteiger partial charge on any atom is -0.272 e. The first-order chi connectivity index (χ1) is 11.5. The molecule has 0 aromatic heterocycles. The Morgan fingerprint density at radius 3 is 1.92 bits per heavy atom. The maximum Gasteiger partial charge on any atom is 0.301 e. The number of anilines is 1. The van der Waals surface area contributed by atoms with E-state index < -0.39 is 17.9 Å². The number of nitro groups is 2. The van der Waals surface area contributed by atoms with Gasteiger partial charge in [0.25, 0.3) is 5.69 Å². The largest absolute Gasteiger partial charge is 0.301 e. The van der Waals surface area contributed by atoms with Crippen LogP contribution < -0.4 is 5.43 Å². The second kappa shape index (κ2) is 8.19. The summed E-state index contributed by atoms with van der Waals surface area (Å²) in [4.78, 5) is 20.7. The molecule has 1 rings (SSSR count). The molecule has 1 aromatic rings. The van der Waals surface area contributed by atoms with Gasteiger partial charge in [0.05, 0.1) is 15.9 Å². The zero-order chi connectivity index (χ0) is 19.4. The molecule has 25 heavy (non-hydrogen) atoms. The molecule has 0 aliphatic heterocycles. The molecule has 0 saturated carbocycles. The Morgan fingerprint density at radius 1 is 1.00 bits per heavy atom. The zero-order valence-electron chi connectivity index (χ0n) is 15.5. The van der Waals surface area contributed by atoms with E-state index >= 15 is 0 Å². The first kappa shape index (κ1) is 20.8. The van der Waals surface area contributed by atoms with Crippen LogP contribution in [0.1, 0.15) is 41.5 Å². The number of hydrogen-bond donors (Lipinski definition) is 1. The van der Waals surface area contributed by atoms with E-state index in [0.717, 1.165) is 6.07 Å². The molecule has 0 unspecified atom stereocenters. The van der Waals surface area contributed by atoms with Gasteiger partial charge in [0, 0.05) is 11.9 Å².